The van der Waals surface area contributed by atoms with Gasteiger partial charge in [0.15, 0.2) is 5.76 Å². The lowest BCUT2D eigenvalue weighted by molar-refractivity contribution is -0.133. The number of furan rings is 1. The van der Waals surface area contributed by atoms with E-state index < -0.39 is 0 Å². The smallest absolute Gasteiger partial charge is 0.289 e. The van der Waals surface area contributed by atoms with E-state index in [9.17, 15) is 9.59 Å². The van der Waals surface area contributed by atoms with E-state index in [0.717, 1.165) is 57.0 Å². The summed E-state index contributed by atoms with van der Waals surface area (Å²) in [5.41, 5.74) is 0. The number of aromatic nitrogens is 2. The van der Waals surface area contributed by atoms with Gasteiger partial charge in [-0.05, 0) is 43.7 Å². The molecule has 2 amide bonds. The monoisotopic (exact) mass is 454 g/mol. The molecule has 2 aromatic heterocycles. The number of carbonyl (C=O) groups excluding carboxylic acids is 2. The SMILES string of the molecule is CCCNc1cc(N2CCCC(CCC(=O)N3CCN(C(=O)c4ccco4)CC3)C2)ncn1. The first kappa shape index (κ1) is 23.1. The van der Waals surface area contributed by atoms with E-state index in [0.29, 0.717) is 44.3 Å². The van der Waals surface area contributed by atoms with Crippen molar-refractivity contribution in [3.8, 4) is 0 Å². The van der Waals surface area contributed by atoms with Gasteiger partial charge in [0.05, 0.1) is 6.26 Å². The largest absolute Gasteiger partial charge is 0.459 e. The molecule has 0 aliphatic carbocycles. The molecule has 1 unspecified atom stereocenters. The molecule has 1 atom stereocenters. The van der Waals surface area contributed by atoms with Gasteiger partial charge in [-0.25, -0.2) is 9.97 Å². The Bertz CT molecular complexity index is 911. The number of hydrogen-bond acceptors (Lipinski definition) is 7. The summed E-state index contributed by atoms with van der Waals surface area (Å²) in [7, 11) is 0. The Morgan fingerprint density at radius 2 is 1.97 bits per heavy atom. The lowest BCUT2D eigenvalue weighted by atomic mass is 9.93. The standard InChI is InChI=1S/C24H34N6O3/c1-2-9-25-21-16-22(27-18-26-21)30-10-3-5-19(17-30)7-8-23(31)28-11-13-29(14-12-28)24(32)20-6-4-15-33-20/h4,6,15-16,18-19H,2-3,5,7-14,17H2,1H3,(H,25,26,27). The number of amides is 2. The van der Waals surface area contributed by atoms with E-state index >= 15 is 0 Å². The fourth-order valence-corrected chi connectivity index (χ4v) is 4.58. The molecule has 0 radical (unpaired) electrons. The Kier molecular flexibility index (Phi) is 7.80. The molecule has 2 aliphatic heterocycles. The third-order valence-electron chi connectivity index (χ3n) is 6.47. The van der Waals surface area contributed by atoms with Gasteiger partial charge in [0.2, 0.25) is 5.91 Å². The molecule has 9 nitrogen and oxygen atoms in total. The quantitative estimate of drug-likeness (QED) is 0.655. The molecule has 9 heteroatoms. The summed E-state index contributed by atoms with van der Waals surface area (Å²) in [6.45, 7) is 7.18. The summed E-state index contributed by atoms with van der Waals surface area (Å²) >= 11 is 0. The maximum Gasteiger partial charge on any atom is 0.289 e. The third kappa shape index (κ3) is 6.03. The van der Waals surface area contributed by atoms with Crippen LogP contribution < -0.4 is 10.2 Å². The molecule has 178 valence electrons. The zero-order valence-corrected chi connectivity index (χ0v) is 19.4. The lowest BCUT2D eigenvalue weighted by Gasteiger charge is -2.36. The van der Waals surface area contributed by atoms with Crippen LogP contribution in [0.3, 0.4) is 0 Å². The van der Waals surface area contributed by atoms with Gasteiger partial charge in [-0.15, -0.1) is 0 Å². The molecule has 2 aliphatic rings. The summed E-state index contributed by atoms with van der Waals surface area (Å²) in [6, 6.07) is 5.41. The van der Waals surface area contributed by atoms with Crippen LogP contribution in [0.4, 0.5) is 11.6 Å². The molecule has 4 rings (SSSR count). The molecule has 2 aromatic rings. The molecule has 1 N–H and O–H groups in total. The van der Waals surface area contributed by atoms with Crippen LogP contribution in [-0.2, 0) is 4.79 Å². The Morgan fingerprint density at radius 1 is 1.15 bits per heavy atom. The highest BCUT2D eigenvalue weighted by Gasteiger charge is 2.27. The average Bonchev–Trinajstić information content (AvgIpc) is 3.41. The van der Waals surface area contributed by atoms with E-state index in [-0.39, 0.29) is 11.8 Å². The molecule has 0 saturated carbocycles. The van der Waals surface area contributed by atoms with Gasteiger partial charge in [-0.2, -0.15) is 0 Å². The second-order valence-electron chi connectivity index (χ2n) is 8.83. The number of piperazine rings is 1. The van der Waals surface area contributed by atoms with Crippen molar-refractivity contribution in [2.45, 2.75) is 39.0 Å². The van der Waals surface area contributed by atoms with E-state index in [1.165, 1.54) is 6.26 Å². The predicted octanol–water partition coefficient (Wildman–Crippen LogP) is 2.87. The number of piperidine rings is 1. The van der Waals surface area contributed by atoms with Gasteiger partial charge < -0.3 is 24.4 Å². The molecule has 4 heterocycles. The van der Waals surface area contributed by atoms with Crippen molar-refractivity contribution >= 4 is 23.5 Å². The minimum Gasteiger partial charge on any atom is -0.459 e. The fourth-order valence-electron chi connectivity index (χ4n) is 4.58. The van der Waals surface area contributed by atoms with Gasteiger partial charge in [0.25, 0.3) is 5.91 Å². The number of nitrogens with zero attached hydrogens (tertiary/aromatic N) is 5. The van der Waals surface area contributed by atoms with E-state index in [1.807, 2.05) is 11.0 Å². The van der Waals surface area contributed by atoms with Crippen LogP contribution in [0.15, 0.2) is 35.2 Å². The topological polar surface area (TPSA) is 94.8 Å². The highest BCUT2D eigenvalue weighted by atomic mass is 16.3. The molecule has 33 heavy (non-hydrogen) atoms. The Morgan fingerprint density at radius 3 is 2.73 bits per heavy atom. The zero-order chi connectivity index (χ0) is 23.0. The van der Waals surface area contributed by atoms with Crippen LogP contribution in [-0.4, -0.2) is 77.4 Å². The van der Waals surface area contributed by atoms with Gasteiger partial charge in [0, 0.05) is 58.3 Å². The summed E-state index contributed by atoms with van der Waals surface area (Å²) in [5.74, 6) is 2.73. The average molecular weight is 455 g/mol. The normalized spacial score (nSPS) is 18.9. The van der Waals surface area contributed by atoms with Crippen LogP contribution in [0, 0.1) is 5.92 Å². The summed E-state index contributed by atoms with van der Waals surface area (Å²) in [6.07, 6.45) is 7.86. The molecule has 0 spiro atoms. The minimum absolute atomic E-state index is 0.104. The maximum absolute atomic E-state index is 12.8. The molecule has 0 aromatic carbocycles. The molecule has 0 bridgehead atoms. The zero-order valence-electron chi connectivity index (χ0n) is 19.4. The first-order valence-electron chi connectivity index (χ1n) is 12.1. The number of nitrogens with one attached hydrogen (secondary N) is 1. The van der Waals surface area contributed by atoms with Crippen molar-refractivity contribution < 1.29 is 14.0 Å². The van der Waals surface area contributed by atoms with Gasteiger partial charge >= 0.3 is 0 Å². The van der Waals surface area contributed by atoms with Crippen molar-refractivity contribution in [2.24, 2.45) is 5.92 Å². The van der Waals surface area contributed by atoms with Crippen LogP contribution in [0.1, 0.15) is 49.6 Å². The van der Waals surface area contributed by atoms with Crippen molar-refractivity contribution in [1.29, 1.82) is 0 Å². The Balaban J connectivity index is 1.22. The molecular formula is C24H34N6O3. The van der Waals surface area contributed by atoms with Crippen molar-refractivity contribution in [3.63, 3.8) is 0 Å². The lowest BCUT2D eigenvalue weighted by Crippen LogP contribution is -2.50. The first-order chi connectivity index (χ1) is 16.1. The first-order valence-corrected chi connectivity index (χ1v) is 12.1. The Labute approximate surface area is 195 Å². The number of hydrogen-bond donors (Lipinski definition) is 1. The summed E-state index contributed by atoms with van der Waals surface area (Å²) in [4.78, 5) is 39.9. The summed E-state index contributed by atoms with van der Waals surface area (Å²) in [5, 5.41) is 3.32. The Hall–Kier alpha value is -3.10. The van der Waals surface area contributed by atoms with Gasteiger partial charge in [0.1, 0.15) is 18.0 Å². The van der Waals surface area contributed by atoms with Crippen molar-refractivity contribution in [2.75, 3.05) is 56.0 Å². The second-order valence-corrected chi connectivity index (χ2v) is 8.83. The minimum atomic E-state index is -0.104. The summed E-state index contributed by atoms with van der Waals surface area (Å²) < 4.78 is 5.21. The van der Waals surface area contributed by atoms with Gasteiger partial charge in [-0.3, -0.25) is 9.59 Å². The number of anilines is 2. The molecule has 2 fully saturated rings. The predicted molar refractivity (Wildman–Crippen MR) is 126 cm³/mol. The highest BCUT2D eigenvalue weighted by molar-refractivity contribution is 5.91. The van der Waals surface area contributed by atoms with Crippen molar-refractivity contribution in [3.05, 3.63) is 36.5 Å². The van der Waals surface area contributed by atoms with Crippen LogP contribution in [0.5, 0.6) is 0 Å². The number of carbonyl (C=O) groups is 2. The molecular weight excluding hydrogens is 420 g/mol. The maximum atomic E-state index is 12.8. The highest BCUT2D eigenvalue weighted by Crippen LogP contribution is 2.26. The van der Waals surface area contributed by atoms with Crippen LogP contribution in [0.2, 0.25) is 0 Å². The van der Waals surface area contributed by atoms with Crippen LogP contribution >= 0.6 is 0 Å². The number of rotatable bonds is 8. The third-order valence-corrected chi connectivity index (χ3v) is 6.47. The van der Waals surface area contributed by atoms with E-state index in [2.05, 4.69) is 27.1 Å². The van der Waals surface area contributed by atoms with E-state index in [4.69, 9.17) is 4.42 Å². The molecule has 2 saturated heterocycles. The fraction of sp³-hybridized carbons (Fsp3) is 0.583. The van der Waals surface area contributed by atoms with Crippen molar-refractivity contribution in [1.82, 2.24) is 19.8 Å². The van der Waals surface area contributed by atoms with Crippen LogP contribution in [0.25, 0.3) is 0 Å². The second kappa shape index (κ2) is 11.2. The van der Waals surface area contributed by atoms with E-state index in [1.54, 1.807) is 23.4 Å². The van der Waals surface area contributed by atoms with Gasteiger partial charge in [-0.1, -0.05) is 6.92 Å².